The highest BCUT2D eigenvalue weighted by molar-refractivity contribution is 6.38. The maximum atomic E-state index is 6.55. The monoisotopic (exact) mass is 1470 g/mol. The molecule has 13 aromatic heterocycles. The Morgan fingerprint density at radius 1 is 0.191 bits per heavy atom. The zero-order valence-electron chi connectivity index (χ0n) is 60.9. The molecule has 16 aromatic carbocycles. The molecule has 0 spiro atoms. The van der Waals surface area contributed by atoms with E-state index in [0.717, 1.165) is 215 Å². The molecule has 530 valence electrons. The van der Waals surface area contributed by atoms with Gasteiger partial charge >= 0.3 is 0 Å². The summed E-state index contributed by atoms with van der Waals surface area (Å²) in [4.78, 5) is 25.6. The summed E-state index contributed by atoms with van der Waals surface area (Å²) < 4.78 is 32.7. The molecule has 0 N–H and O–H groups in total. The first kappa shape index (κ1) is 61.0. The van der Waals surface area contributed by atoms with E-state index in [1.807, 2.05) is 78.9 Å². The first-order valence-corrected chi connectivity index (χ1v) is 38.8. The third kappa shape index (κ3) is 8.34. The molecule has 0 radical (unpaired) electrons. The van der Waals surface area contributed by atoms with Crippen molar-refractivity contribution in [2.45, 2.75) is 0 Å². The van der Waals surface area contributed by atoms with Gasteiger partial charge in [-0.2, -0.15) is 0 Å². The number of pyridine rings is 1. The highest BCUT2D eigenvalue weighted by atomic mass is 16.3. The predicted molar refractivity (Wildman–Crippen MR) is 470 cm³/mol. The van der Waals surface area contributed by atoms with Gasteiger partial charge in [-0.25, -0.2) is 24.9 Å². The van der Waals surface area contributed by atoms with E-state index in [-0.39, 0.29) is 0 Å². The Morgan fingerprint density at radius 2 is 0.617 bits per heavy atom. The number of hydrogen-bond acceptors (Lipinski definition) is 9. The normalized spacial score (nSPS) is 12.5. The van der Waals surface area contributed by atoms with Gasteiger partial charge in [0.05, 0.1) is 60.7 Å². The van der Waals surface area contributed by atoms with Gasteiger partial charge in [-0.1, -0.05) is 212 Å². The van der Waals surface area contributed by atoms with Gasteiger partial charge < -0.3 is 17.7 Å². The lowest BCUT2D eigenvalue weighted by atomic mass is 9.98. The van der Waals surface area contributed by atoms with Gasteiger partial charge in [-0.3, -0.25) is 13.2 Å². The lowest BCUT2D eigenvalue weighted by Gasteiger charge is -2.07. The topological polar surface area (TPSA) is 130 Å². The van der Waals surface area contributed by atoms with Crippen LogP contribution in [0.25, 0.3) is 269 Å². The molecule has 0 aliphatic heterocycles. The van der Waals surface area contributed by atoms with Crippen LogP contribution in [0.2, 0.25) is 0 Å². The third-order valence-corrected chi connectivity index (χ3v) is 24.3. The van der Waals surface area contributed by atoms with E-state index in [9.17, 15) is 0 Å². The Balaban J connectivity index is 0.0000000932. The summed E-state index contributed by atoms with van der Waals surface area (Å²) in [5, 5.41) is 21.9. The molecule has 0 saturated carbocycles. The SMILES string of the molecule is c1ccc(-c2ccc3c(c2)oc2cc4c5nc6ccccc6nc5n5c6ccccc6c(c23)c45)cc1.c1ccc(-c2ccc3oc4cc5c6nc7ccccc7nc6n6c7ccccc7c(c4c3c2)c56)cc1.c1ccc2nc3c(cc2c1)c1cc2oc4ccccc4c2c2c4cccc(-c5ccc6oc7ccccc7c6c5)c4n3c12. The zero-order chi connectivity index (χ0) is 74.6. The van der Waals surface area contributed by atoms with Crippen LogP contribution in [-0.2, 0) is 0 Å². The third-order valence-electron chi connectivity index (χ3n) is 24.3. The molecule has 0 fully saturated rings. The summed E-state index contributed by atoms with van der Waals surface area (Å²) in [7, 11) is 0. The Morgan fingerprint density at radius 3 is 1.26 bits per heavy atom. The van der Waals surface area contributed by atoms with Crippen LogP contribution in [0.1, 0.15) is 0 Å². The van der Waals surface area contributed by atoms with Crippen molar-refractivity contribution in [3.8, 4) is 33.4 Å². The van der Waals surface area contributed by atoms with Crippen LogP contribution in [0.5, 0.6) is 0 Å². The number of para-hydroxylation sites is 10. The molecular formula is C103H54N8O4. The Kier molecular flexibility index (Phi) is 11.9. The van der Waals surface area contributed by atoms with Crippen LogP contribution in [0.15, 0.2) is 345 Å². The van der Waals surface area contributed by atoms with Crippen molar-refractivity contribution in [1.29, 1.82) is 0 Å². The molecule has 0 aliphatic rings. The van der Waals surface area contributed by atoms with Gasteiger partial charge in [-0.15, -0.1) is 0 Å². The van der Waals surface area contributed by atoms with Crippen molar-refractivity contribution in [2.75, 3.05) is 0 Å². The molecule has 0 atom stereocenters. The number of benzene rings is 16. The molecule has 0 amide bonds. The van der Waals surface area contributed by atoms with Crippen LogP contribution in [-0.4, -0.2) is 38.1 Å². The fourth-order valence-electron chi connectivity index (χ4n) is 19.4. The van der Waals surface area contributed by atoms with Crippen LogP contribution < -0.4 is 0 Å². The second kappa shape index (κ2) is 22.5. The standard InChI is InChI=1S/C39H20N2O2.2C32H17N3O/c1-4-13-30-22(8-1)19-29-28-20-34-35(25-10-3-6-15-32(25)43-34)36-26-12-7-11-23(37(26)41(38(28)36)39(29)40-30)21-16-17-33-27(18-21)24-9-2-5-14-31(24)42-33;1-2-8-18(9-3-1)19-14-15-26-21(16-19)28-27(36-26)17-22-30-32(34-24-12-6-5-11-23(24)33-30)35-25-13-7-4-10-20(25)29(28)31(22)35;1-2-8-18(9-3-1)19-14-15-21-26(16-19)36-27-17-22-30-32(34-24-12-6-5-11-23(24)33-30)35-25-13-7-4-10-20(25)29(28(21)27)31(22)35/h1-20H;2*1-17H. The molecule has 0 aliphatic carbocycles. The Hall–Kier alpha value is -15.8. The van der Waals surface area contributed by atoms with Crippen molar-refractivity contribution in [3.63, 3.8) is 0 Å². The van der Waals surface area contributed by atoms with E-state index in [2.05, 4.69) is 262 Å². The van der Waals surface area contributed by atoms with Gasteiger partial charge in [-0.05, 0) is 143 Å². The molecule has 29 aromatic rings. The number of fused-ring (bicyclic) bond motifs is 36. The van der Waals surface area contributed by atoms with Crippen LogP contribution >= 0.6 is 0 Å². The Labute approximate surface area is 648 Å². The second-order valence-corrected chi connectivity index (χ2v) is 30.4. The van der Waals surface area contributed by atoms with E-state index in [1.165, 1.54) is 54.5 Å². The minimum absolute atomic E-state index is 0.878. The van der Waals surface area contributed by atoms with Gasteiger partial charge in [0.1, 0.15) is 61.3 Å². The second-order valence-electron chi connectivity index (χ2n) is 30.4. The van der Waals surface area contributed by atoms with E-state index >= 15 is 0 Å². The summed E-state index contributed by atoms with van der Waals surface area (Å²) in [6, 6.07) is 114. The molecule has 0 bridgehead atoms. The number of nitrogens with zero attached hydrogens (tertiary/aromatic N) is 8. The molecule has 13 heterocycles. The lowest BCUT2D eigenvalue weighted by Crippen LogP contribution is -1.89. The van der Waals surface area contributed by atoms with E-state index in [0.29, 0.717) is 0 Å². The van der Waals surface area contributed by atoms with E-state index in [4.69, 9.17) is 42.6 Å². The van der Waals surface area contributed by atoms with Gasteiger partial charge in [0.2, 0.25) is 0 Å². The average Bonchev–Trinajstić information content (AvgIpc) is 1.53. The quantitative estimate of drug-likeness (QED) is 0.170. The van der Waals surface area contributed by atoms with Crippen molar-refractivity contribution in [1.82, 2.24) is 38.1 Å². The van der Waals surface area contributed by atoms with Crippen molar-refractivity contribution < 1.29 is 17.7 Å². The van der Waals surface area contributed by atoms with E-state index in [1.54, 1.807) is 0 Å². The summed E-state index contributed by atoms with van der Waals surface area (Å²) in [6.07, 6.45) is 0. The maximum Gasteiger partial charge on any atom is 0.165 e. The number of furan rings is 4. The van der Waals surface area contributed by atoms with Crippen molar-refractivity contribution in [2.24, 2.45) is 0 Å². The predicted octanol–water partition coefficient (Wildman–Crippen LogP) is 27.5. The molecule has 12 heteroatoms. The average molecular weight is 1470 g/mol. The molecule has 0 unspecified atom stereocenters. The zero-order valence-corrected chi connectivity index (χ0v) is 60.9. The highest BCUT2D eigenvalue weighted by Crippen LogP contribution is 2.52. The van der Waals surface area contributed by atoms with Crippen molar-refractivity contribution >= 4 is 236 Å². The number of hydrogen-bond donors (Lipinski definition) is 0. The van der Waals surface area contributed by atoms with Crippen molar-refractivity contribution in [3.05, 3.63) is 328 Å². The molecule has 29 rings (SSSR count). The number of aromatic nitrogens is 8. The smallest absolute Gasteiger partial charge is 0.165 e. The largest absolute Gasteiger partial charge is 0.456 e. The van der Waals surface area contributed by atoms with Crippen LogP contribution in [0, 0.1) is 0 Å². The summed E-state index contributed by atoms with van der Waals surface area (Å²) in [5.74, 6) is 0. The molecule has 0 saturated heterocycles. The minimum atomic E-state index is 0.878. The summed E-state index contributed by atoms with van der Waals surface area (Å²) >= 11 is 0. The summed E-state index contributed by atoms with van der Waals surface area (Å²) in [6.45, 7) is 0. The lowest BCUT2D eigenvalue weighted by molar-refractivity contribution is 0.668. The van der Waals surface area contributed by atoms with Gasteiger partial charge in [0, 0.05) is 108 Å². The first-order valence-electron chi connectivity index (χ1n) is 38.8. The van der Waals surface area contributed by atoms with Gasteiger partial charge in [0.25, 0.3) is 0 Å². The fraction of sp³-hybridized carbons (Fsp3) is 0. The first-order chi connectivity index (χ1) is 57.0. The highest BCUT2D eigenvalue weighted by Gasteiger charge is 2.30. The maximum absolute atomic E-state index is 6.55. The molecule has 12 nitrogen and oxygen atoms in total. The molecule has 115 heavy (non-hydrogen) atoms. The summed E-state index contributed by atoms with van der Waals surface area (Å²) in [5.41, 5.74) is 30.2. The fourth-order valence-corrected chi connectivity index (χ4v) is 19.4. The van der Waals surface area contributed by atoms with Crippen LogP contribution in [0.3, 0.4) is 0 Å². The minimum Gasteiger partial charge on any atom is -0.456 e. The van der Waals surface area contributed by atoms with E-state index < -0.39 is 0 Å². The number of rotatable bonds is 3. The Bertz CT molecular complexity index is 9230. The van der Waals surface area contributed by atoms with Crippen LogP contribution in [0.4, 0.5) is 0 Å². The molecular weight excluding hydrogens is 1410 g/mol. The van der Waals surface area contributed by atoms with Gasteiger partial charge in [0.15, 0.2) is 11.3 Å².